The summed E-state index contributed by atoms with van der Waals surface area (Å²) in [6.07, 6.45) is 0. The summed E-state index contributed by atoms with van der Waals surface area (Å²) in [7, 11) is 0. The molecule has 1 heterocycles. The van der Waals surface area contributed by atoms with E-state index in [1.165, 1.54) is 6.07 Å². The number of hydrogen-bond donors (Lipinski definition) is 0. The van der Waals surface area contributed by atoms with E-state index in [-0.39, 0.29) is 16.7 Å². The van der Waals surface area contributed by atoms with Gasteiger partial charge in [0, 0.05) is 29.2 Å². The third-order valence-electron chi connectivity index (χ3n) is 4.87. The fourth-order valence-corrected chi connectivity index (χ4v) is 3.23. The lowest BCUT2D eigenvalue weighted by Crippen LogP contribution is -2.27. The minimum Gasteiger partial charge on any atom is -0.444 e. The highest BCUT2D eigenvalue weighted by molar-refractivity contribution is 6.30. The van der Waals surface area contributed by atoms with Gasteiger partial charge in [0.25, 0.3) is 5.69 Å². The molecule has 3 aromatic rings. The number of hydrogen-bond acceptors (Lipinski definition) is 5. The van der Waals surface area contributed by atoms with Gasteiger partial charge in [-0.15, -0.1) is 0 Å². The summed E-state index contributed by atoms with van der Waals surface area (Å²) in [6, 6.07) is 14.4. The van der Waals surface area contributed by atoms with Crippen molar-refractivity contribution in [1.29, 1.82) is 0 Å². The summed E-state index contributed by atoms with van der Waals surface area (Å²) >= 11 is 6.02. The molecular weight excluding hydrogens is 378 g/mol. The number of rotatable bonds is 7. The van der Waals surface area contributed by atoms with E-state index >= 15 is 0 Å². The van der Waals surface area contributed by atoms with Crippen LogP contribution in [0.25, 0.3) is 0 Å². The van der Waals surface area contributed by atoms with Gasteiger partial charge in [-0.2, -0.15) is 0 Å². The largest absolute Gasteiger partial charge is 0.444 e. The van der Waals surface area contributed by atoms with E-state index in [0.29, 0.717) is 29.6 Å². The van der Waals surface area contributed by atoms with Gasteiger partial charge in [-0.05, 0) is 38.5 Å². The predicted molar refractivity (Wildman–Crippen MR) is 108 cm³/mol. The number of aromatic nitrogens is 1. The molecule has 28 heavy (non-hydrogen) atoms. The molecule has 0 spiro atoms. The lowest BCUT2D eigenvalue weighted by atomic mass is 10.1. The van der Waals surface area contributed by atoms with Crippen molar-refractivity contribution in [1.82, 2.24) is 9.88 Å². The van der Waals surface area contributed by atoms with Crippen LogP contribution in [-0.4, -0.2) is 14.8 Å². The first-order chi connectivity index (χ1) is 13.3. The van der Waals surface area contributed by atoms with Crippen molar-refractivity contribution in [3.63, 3.8) is 0 Å². The number of aryl methyl sites for hydroxylation is 2. The van der Waals surface area contributed by atoms with Crippen molar-refractivity contribution in [2.45, 2.75) is 39.9 Å². The second-order valence-electron chi connectivity index (χ2n) is 6.77. The number of para-hydroxylation sites is 1. The molecule has 3 rings (SSSR count). The summed E-state index contributed by atoms with van der Waals surface area (Å²) in [5, 5.41) is 12.1. The van der Waals surface area contributed by atoms with Crippen LogP contribution in [0.2, 0.25) is 5.02 Å². The van der Waals surface area contributed by atoms with Gasteiger partial charge in [-0.1, -0.05) is 41.9 Å². The molecule has 1 aromatic heterocycles. The van der Waals surface area contributed by atoms with Crippen LogP contribution in [0, 0.1) is 24.0 Å². The molecule has 0 N–H and O–H groups in total. The van der Waals surface area contributed by atoms with E-state index in [1.54, 1.807) is 12.1 Å². The molecule has 0 saturated carbocycles. The van der Waals surface area contributed by atoms with E-state index in [1.807, 2.05) is 44.2 Å². The zero-order valence-corrected chi connectivity index (χ0v) is 16.8. The van der Waals surface area contributed by atoms with Gasteiger partial charge in [0.15, 0.2) is 0 Å². The van der Waals surface area contributed by atoms with Crippen LogP contribution in [0.4, 0.5) is 5.69 Å². The van der Waals surface area contributed by atoms with Crippen LogP contribution in [0.5, 0.6) is 0 Å². The first kappa shape index (κ1) is 20.0. The molecule has 0 bridgehead atoms. The van der Waals surface area contributed by atoms with Crippen LogP contribution in [0.15, 0.2) is 52.9 Å². The second kappa shape index (κ2) is 8.54. The molecular formula is C21H22ClN3O3. The van der Waals surface area contributed by atoms with Gasteiger partial charge in [-0.3, -0.25) is 15.0 Å². The number of nitro groups is 1. The van der Waals surface area contributed by atoms with Crippen molar-refractivity contribution in [2.75, 3.05) is 0 Å². The Kier molecular flexibility index (Phi) is 6.11. The van der Waals surface area contributed by atoms with Gasteiger partial charge in [-0.25, -0.2) is 4.98 Å². The van der Waals surface area contributed by atoms with Gasteiger partial charge in [0.2, 0.25) is 5.89 Å². The third-order valence-corrected chi connectivity index (χ3v) is 5.13. The Morgan fingerprint density at radius 1 is 1.14 bits per heavy atom. The summed E-state index contributed by atoms with van der Waals surface area (Å²) in [6.45, 7) is 6.66. The number of nitro benzene ring substituents is 1. The van der Waals surface area contributed by atoms with Crippen LogP contribution in [0.3, 0.4) is 0 Å². The summed E-state index contributed by atoms with van der Waals surface area (Å²) < 4.78 is 5.76. The molecule has 2 aromatic carbocycles. The summed E-state index contributed by atoms with van der Waals surface area (Å²) in [4.78, 5) is 17.7. The summed E-state index contributed by atoms with van der Waals surface area (Å²) in [5.74, 6) is 1.37. The normalized spacial score (nSPS) is 12.3. The number of oxazole rings is 1. The van der Waals surface area contributed by atoms with E-state index in [9.17, 15) is 10.1 Å². The molecule has 0 aliphatic rings. The minimum atomic E-state index is -0.347. The van der Waals surface area contributed by atoms with Crippen molar-refractivity contribution >= 4 is 17.3 Å². The maximum atomic E-state index is 11.4. The Balaban J connectivity index is 1.94. The zero-order valence-electron chi connectivity index (χ0n) is 16.1. The molecule has 0 fully saturated rings. The van der Waals surface area contributed by atoms with Crippen molar-refractivity contribution in [2.24, 2.45) is 0 Å². The topological polar surface area (TPSA) is 72.4 Å². The lowest BCUT2D eigenvalue weighted by Gasteiger charge is -2.28. The van der Waals surface area contributed by atoms with Crippen molar-refractivity contribution in [3.8, 4) is 0 Å². The Morgan fingerprint density at radius 3 is 2.43 bits per heavy atom. The average Bonchev–Trinajstić information content (AvgIpc) is 2.98. The van der Waals surface area contributed by atoms with Gasteiger partial charge < -0.3 is 4.42 Å². The molecule has 0 radical (unpaired) electrons. The molecule has 146 valence electrons. The fourth-order valence-electron chi connectivity index (χ4n) is 3.10. The van der Waals surface area contributed by atoms with Crippen LogP contribution < -0.4 is 0 Å². The van der Waals surface area contributed by atoms with E-state index in [0.717, 1.165) is 17.0 Å². The van der Waals surface area contributed by atoms with Crippen LogP contribution in [0.1, 0.15) is 41.4 Å². The van der Waals surface area contributed by atoms with Gasteiger partial charge in [0.05, 0.1) is 17.2 Å². The van der Waals surface area contributed by atoms with E-state index < -0.39 is 0 Å². The first-order valence-corrected chi connectivity index (χ1v) is 9.37. The molecule has 1 atom stereocenters. The third kappa shape index (κ3) is 4.58. The highest BCUT2D eigenvalue weighted by atomic mass is 35.5. The Morgan fingerprint density at radius 2 is 1.82 bits per heavy atom. The Labute approximate surface area is 168 Å². The van der Waals surface area contributed by atoms with E-state index in [2.05, 4.69) is 16.8 Å². The maximum Gasteiger partial charge on any atom is 0.273 e. The zero-order chi connectivity index (χ0) is 20.3. The predicted octanol–water partition coefficient (Wildman–Crippen LogP) is 5.62. The average molecular weight is 400 g/mol. The quantitative estimate of drug-likeness (QED) is 0.381. The molecule has 6 nitrogen and oxygen atoms in total. The Bertz CT molecular complexity index is 950. The number of benzene rings is 2. The highest BCUT2D eigenvalue weighted by Gasteiger charge is 2.23. The number of nitrogens with zero attached hydrogens (tertiary/aromatic N) is 3. The van der Waals surface area contributed by atoms with Crippen molar-refractivity contribution < 1.29 is 9.34 Å². The van der Waals surface area contributed by atoms with Crippen molar-refractivity contribution in [3.05, 3.63) is 92.1 Å². The standard InChI is InChI=1S/C21H22ClN3O3/c1-14-16(3)28-21(23-14)13-24(15(2)17-8-10-19(22)11-9-17)12-18-6-4-5-7-20(18)25(26)27/h4-11,15H,12-13H2,1-3H3. The van der Waals surface area contributed by atoms with Crippen LogP contribution in [-0.2, 0) is 13.1 Å². The smallest absolute Gasteiger partial charge is 0.273 e. The molecule has 0 amide bonds. The molecule has 0 aliphatic heterocycles. The lowest BCUT2D eigenvalue weighted by molar-refractivity contribution is -0.385. The summed E-state index contributed by atoms with van der Waals surface area (Å²) in [5.41, 5.74) is 2.66. The highest BCUT2D eigenvalue weighted by Crippen LogP contribution is 2.28. The van der Waals surface area contributed by atoms with Gasteiger partial charge in [0.1, 0.15) is 5.76 Å². The second-order valence-corrected chi connectivity index (χ2v) is 7.20. The fraction of sp³-hybridized carbons (Fsp3) is 0.286. The number of halogens is 1. The van der Waals surface area contributed by atoms with E-state index in [4.69, 9.17) is 16.0 Å². The minimum absolute atomic E-state index is 0.0235. The molecule has 7 heteroatoms. The monoisotopic (exact) mass is 399 g/mol. The first-order valence-electron chi connectivity index (χ1n) is 9.00. The molecule has 1 unspecified atom stereocenters. The Hall–Kier alpha value is -2.70. The maximum absolute atomic E-state index is 11.4. The molecule has 0 saturated heterocycles. The van der Waals surface area contributed by atoms with Gasteiger partial charge >= 0.3 is 0 Å². The SMILES string of the molecule is Cc1nc(CN(Cc2ccccc2[N+](=O)[O-])C(C)c2ccc(Cl)cc2)oc1C. The molecule has 0 aliphatic carbocycles. The van der Waals surface area contributed by atoms with Crippen LogP contribution >= 0.6 is 11.6 Å².